The molecular formula is C13H18Cl2O2. The Kier molecular flexibility index (Phi) is 5.74. The first kappa shape index (κ1) is 14.8. The van der Waals surface area contributed by atoms with E-state index in [0.29, 0.717) is 22.9 Å². The van der Waals surface area contributed by atoms with E-state index in [-0.39, 0.29) is 5.92 Å². The molecular weight excluding hydrogens is 259 g/mol. The van der Waals surface area contributed by atoms with Crippen LogP contribution in [0, 0.1) is 0 Å². The standard InChI is InChI=1S/C13H18Cl2O2/c1-3-12(16)13(17)6-8(2)10-7-9(14)4-5-11(10)15/h4-5,7-8,12-13,16-17H,3,6H2,1-2H3. The van der Waals surface area contributed by atoms with Gasteiger partial charge >= 0.3 is 0 Å². The third-order valence-electron chi connectivity index (χ3n) is 2.95. The van der Waals surface area contributed by atoms with Gasteiger partial charge in [-0.3, -0.25) is 0 Å². The van der Waals surface area contributed by atoms with Crippen LogP contribution < -0.4 is 0 Å². The van der Waals surface area contributed by atoms with Crippen molar-refractivity contribution in [1.82, 2.24) is 0 Å². The highest BCUT2D eigenvalue weighted by Crippen LogP contribution is 2.30. The molecule has 0 spiro atoms. The fourth-order valence-corrected chi connectivity index (χ4v) is 2.29. The zero-order valence-corrected chi connectivity index (χ0v) is 11.5. The van der Waals surface area contributed by atoms with Crippen molar-refractivity contribution in [3.8, 4) is 0 Å². The van der Waals surface area contributed by atoms with Crippen molar-refractivity contribution in [3.05, 3.63) is 33.8 Å². The van der Waals surface area contributed by atoms with Gasteiger partial charge in [0, 0.05) is 10.0 Å². The summed E-state index contributed by atoms with van der Waals surface area (Å²) in [5.74, 6) is 0.0531. The van der Waals surface area contributed by atoms with Gasteiger partial charge in [-0.25, -0.2) is 0 Å². The van der Waals surface area contributed by atoms with Crippen molar-refractivity contribution in [2.75, 3.05) is 0 Å². The molecule has 0 aliphatic heterocycles. The van der Waals surface area contributed by atoms with E-state index >= 15 is 0 Å². The minimum atomic E-state index is -0.731. The van der Waals surface area contributed by atoms with Gasteiger partial charge in [-0.05, 0) is 42.5 Å². The minimum absolute atomic E-state index is 0.0531. The van der Waals surface area contributed by atoms with E-state index < -0.39 is 12.2 Å². The van der Waals surface area contributed by atoms with Crippen LogP contribution in [0.4, 0.5) is 0 Å². The Labute approximate surface area is 112 Å². The number of hydrogen-bond acceptors (Lipinski definition) is 2. The molecule has 96 valence electrons. The van der Waals surface area contributed by atoms with E-state index in [1.165, 1.54) is 0 Å². The van der Waals surface area contributed by atoms with Gasteiger partial charge < -0.3 is 10.2 Å². The van der Waals surface area contributed by atoms with Gasteiger partial charge in [0.25, 0.3) is 0 Å². The van der Waals surface area contributed by atoms with Crippen LogP contribution in [-0.2, 0) is 0 Å². The monoisotopic (exact) mass is 276 g/mol. The molecule has 17 heavy (non-hydrogen) atoms. The lowest BCUT2D eigenvalue weighted by molar-refractivity contribution is 0.00954. The summed E-state index contributed by atoms with van der Waals surface area (Å²) in [6, 6.07) is 5.29. The number of aliphatic hydroxyl groups is 2. The summed E-state index contributed by atoms with van der Waals surface area (Å²) in [5, 5.41) is 20.6. The van der Waals surface area contributed by atoms with Gasteiger partial charge in [0.15, 0.2) is 0 Å². The van der Waals surface area contributed by atoms with E-state index in [4.69, 9.17) is 23.2 Å². The number of rotatable bonds is 5. The Bertz CT molecular complexity index is 368. The van der Waals surface area contributed by atoms with Crippen LogP contribution in [0.5, 0.6) is 0 Å². The summed E-state index contributed by atoms with van der Waals surface area (Å²) in [5.41, 5.74) is 0.904. The second-order valence-electron chi connectivity index (χ2n) is 4.35. The first-order valence-electron chi connectivity index (χ1n) is 5.76. The van der Waals surface area contributed by atoms with Gasteiger partial charge in [-0.15, -0.1) is 0 Å². The number of aliphatic hydroxyl groups excluding tert-OH is 2. The highest BCUT2D eigenvalue weighted by atomic mass is 35.5. The summed E-state index contributed by atoms with van der Waals surface area (Å²) in [6.07, 6.45) is -0.410. The van der Waals surface area contributed by atoms with Crippen molar-refractivity contribution in [1.29, 1.82) is 0 Å². The first-order chi connectivity index (χ1) is 7.95. The van der Waals surface area contributed by atoms with Gasteiger partial charge in [-0.1, -0.05) is 37.0 Å². The maximum absolute atomic E-state index is 9.78. The lowest BCUT2D eigenvalue weighted by atomic mass is 9.92. The van der Waals surface area contributed by atoms with Gasteiger partial charge in [0.05, 0.1) is 12.2 Å². The van der Waals surface area contributed by atoms with E-state index in [9.17, 15) is 10.2 Å². The summed E-state index contributed by atoms with van der Waals surface area (Å²) < 4.78 is 0. The van der Waals surface area contributed by atoms with Crippen molar-refractivity contribution in [2.45, 2.75) is 44.8 Å². The maximum atomic E-state index is 9.78. The molecule has 0 aliphatic rings. The van der Waals surface area contributed by atoms with Crippen LogP contribution in [0.2, 0.25) is 10.0 Å². The van der Waals surface area contributed by atoms with Crippen molar-refractivity contribution >= 4 is 23.2 Å². The topological polar surface area (TPSA) is 40.5 Å². The second kappa shape index (κ2) is 6.60. The Morgan fingerprint density at radius 3 is 2.41 bits per heavy atom. The van der Waals surface area contributed by atoms with E-state index in [1.807, 2.05) is 13.8 Å². The van der Waals surface area contributed by atoms with Crippen LogP contribution in [0.3, 0.4) is 0 Å². The highest BCUT2D eigenvalue weighted by molar-refractivity contribution is 6.33. The molecule has 0 aromatic heterocycles. The number of hydrogen-bond donors (Lipinski definition) is 2. The quantitative estimate of drug-likeness (QED) is 0.863. The number of benzene rings is 1. The van der Waals surface area contributed by atoms with E-state index in [1.54, 1.807) is 18.2 Å². The molecule has 1 rings (SSSR count). The summed E-state index contributed by atoms with van der Waals surface area (Å²) in [7, 11) is 0. The molecule has 1 aromatic rings. The van der Waals surface area contributed by atoms with Crippen molar-refractivity contribution in [3.63, 3.8) is 0 Å². The molecule has 0 bridgehead atoms. The van der Waals surface area contributed by atoms with E-state index in [0.717, 1.165) is 5.56 Å². The zero-order chi connectivity index (χ0) is 13.0. The van der Waals surface area contributed by atoms with Crippen LogP contribution in [-0.4, -0.2) is 22.4 Å². The summed E-state index contributed by atoms with van der Waals surface area (Å²) in [4.78, 5) is 0. The van der Waals surface area contributed by atoms with Gasteiger partial charge in [0.1, 0.15) is 0 Å². The van der Waals surface area contributed by atoms with Gasteiger partial charge in [-0.2, -0.15) is 0 Å². The average Bonchev–Trinajstić information content (AvgIpc) is 2.30. The van der Waals surface area contributed by atoms with Crippen molar-refractivity contribution < 1.29 is 10.2 Å². The molecule has 0 heterocycles. The molecule has 0 amide bonds. The Morgan fingerprint density at radius 1 is 1.18 bits per heavy atom. The van der Waals surface area contributed by atoms with E-state index in [2.05, 4.69) is 0 Å². The lowest BCUT2D eigenvalue weighted by Crippen LogP contribution is -2.26. The third-order valence-corrected chi connectivity index (χ3v) is 3.53. The Morgan fingerprint density at radius 2 is 1.82 bits per heavy atom. The molecule has 1 aromatic carbocycles. The van der Waals surface area contributed by atoms with Crippen molar-refractivity contribution in [2.24, 2.45) is 0 Å². The molecule has 0 fully saturated rings. The molecule has 2 nitrogen and oxygen atoms in total. The molecule has 2 N–H and O–H groups in total. The fourth-order valence-electron chi connectivity index (χ4n) is 1.81. The largest absolute Gasteiger partial charge is 0.390 e. The third kappa shape index (κ3) is 4.14. The zero-order valence-electron chi connectivity index (χ0n) is 10.0. The van der Waals surface area contributed by atoms with Crippen LogP contribution >= 0.6 is 23.2 Å². The Hall–Kier alpha value is -0.280. The normalized spacial score (nSPS) is 16.6. The maximum Gasteiger partial charge on any atom is 0.0804 e. The van der Waals surface area contributed by atoms with Crippen LogP contribution in [0.1, 0.15) is 38.2 Å². The molecule has 3 atom stereocenters. The molecule has 0 radical (unpaired) electrons. The Balaban J connectivity index is 2.75. The summed E-state index contributed by atoms with van der Waals surface area (Å²) in [6.45, 7) is 3.80. The van der Waals surface area contributed by atoms with Crippen LogP contribution in [0.25, 0.3) is 0 Å². The molecule has 0 saturated carbocycles. The predicted molar refractivity (Wildman–Crippen MR) is 71.8 cm³/mol. The van der Waals surface area contributed by atoms with Gasteiger partial charge in [0.2, 0.25) is 0 Å². The smallest absolute Gasteiger partial charge is 0.0804 e. The second-order valence-corrected chi connectivity index (χ2v) is 5.19. The average molecular weight is 277 g/mol. The molecule has 3 unspecified atom stereocenters. The van der Waals surface area contributed by atoms with Crippen LogP contribution in [0.15, 0.2) is 18.2 Å². The lowest BCUT2D eigenvalue weighted by Gasteiger charge is -2.21. The summed E-state index contributed by atoms with van der Waals surface area (Å²) >= 11 is 12.0. The minimum Gasteiger partial charge on any atom is -0.390 e. The molecule has 4 heteroatoms. The first-order valence-corrected chi connectivity index (χ1v) is 6.52. The highest BCUT2D eigenvalue weighted by Gasteiger charge is 2.19. The molecule has 0 aliphatic carbocycles. The molecule has 0 saturated heterocycles. The predicted octanol–water partition coefficient (Wildman–Crippen LogP) is 3.62. The SMILES string of the molecule is CCC(O)C(O)CC(C)c1cc(Cl)ccc1Cl. The number of halogens is 2. The fraction of sp³-hybridized carbons (Fsp3) is 0.538.